The second-order valence-electron chi connectivity index (χ2n) is 4.26. The van der Waals surface area contributed by atoms with Crippen molar-refractivity contribution in [1.82, 2.24) is 5.32 Å². The van der Waals surface area contributed by atoms with Gasteiger partial charge in [-0.25, -0.2) is 9.59 Å². The van der Waals surface area contributed by atoms with E-state index in [9.17, 15) is 9.59 Å². The molecule has 0 heterocycles. The Balaban J connectivity index is 2.43. The van der Waals surface area contributed by atoms with Crippen molar-refractivity contribution in [3.63, 3.8) is 0 Å². The number of hydrogen-bond acceptors (Lipinski definition) is 3. The topological polar surface area (TPSA) is 78.9 Å². The van der Waals surface area contributed by atoms with Crippen molar-refractivity contribution in [2.45, 2.75) is 13.8 Å². The molecule has 1 aromatic rings. The van der Waals surface area contributed by atoms with Gasteiger partial charge in [0.1, 0.15) is 6.61 Å². The van der Waals surface area contributed by atoms with Crippen LogP contribution in [0, 0.1) is 6.92 Å². The van der Waals surface area contributed by atoms with Crippen LogP contribution in [0.4, 0.5) is 10.5 Å². The predicted octanol–water partition coefficient (Wildman–Crippen LogP) is 1.63. The summed E-state index contributed by atoms with van der Waals surface area (Å²) in [6.07, 6.45) is 0. The lowest BCUT2D eigenvalue weighted by molar-refractivity contribution is -0.142. The number of anilines is 1. The fourth-order valence-corrected chi connectivity index (χ4v) is 1.65. The minimum absolute atomic E-state index is 0.170. The zero-order valence-electron chi connectivity index (χ0n) is 11.8. The van der Waals surface area contributed by atoms with Crippen molar-refractivity contribution in [2.75, 3.05) is 31.2 Å². The van der Waals surface area contributed by atoms with Crippen molar-refractivity contribution in [1.29, 1.82) is 0 Å². The number of amides is 2. The molecule has 0 saturated carbocycles. The summed E-state index contributed by atoms with van der Waals surface area (Å²) < 4.78 is 4.85. The number of rotatable bonds is 7. The molecule has 20 heavy (non-hydrogen) atoms. The van der Waals surface area contributed by atoms with E-state index in [1.165, 1.54) is 0 Å². The number of aryl methyl sites for hydroxylation is 1. The minimum atomic E-state index is -1.02. The predicted molar refractivity (Wildman–Crippen MR) is 76.1 cm³/mol. The Hall–Kier alpha value is -2.08. The fraction of sp³-hybridized carbons (Fsp3) is 0.429. The van der Waals surface area contributed by atoms with E-state index in [1.54, 1.807) is 4.90 Å². The highest BCUT2D eigenvalue weighted by Crippen LogP contribution is 2.14. The summed E-state index contributed by atoms with van der Waals surface area (Å²) in [5, 5.41) is 11.1. The third-order valence-corrected chi connectivity index (χ3v) is 2.66. The molecular weight excluding hydrogens is 260 g/mol. The molecule has 0 spiro atoms. The summed E-state index contributed by atoms with van der Waals surface area (Å²) in [5.74, 6) is -1.02. The average Bonchev–Trinajstić information content (AvgIpc) is 2.41. The van der Waals surface area contributed by atoms with Gasteiger partial charge in [0, 0.05) is 18.8 Å². The molecule has 0 aliphatic rings. The highest BCUT2D eigenvalue weighted by atomic mass is 16.5. The molecule has 0 radical (unpaired) electrons. The van der Waals surface area contributed by atoms with Gasteiger partial charge in [0.05, 0.1) is 6.61 Å². The average molecular weight is 280 g/mol. The molecule has 0 aliphatic carbocycles. The van der Waals surface area contributed by atoms with E-state index in [0.29, 0.717) is 6.54 Å². The normalized spacial score (nSPS) is 10.1. The van der Waals surface area contributed by atoms with Crippen LogP contribution in [0.15, 0.2) is 24.3 Å². The van der Waals surface area contributed by atoms with Gasteiger partial charge < -0.3 is 15.2 Å². The molecule has 110 valence electrons. The molecule has 0 aliphatic heterocycles. The molecule has 0 aromatic heterocycles. The molecule has 1 rings (SSSR count). The Bertz CT molecular complexity index is 445. The van der Waals surface area contributed by atoms with Crippen LogP contribution < -0.4 is 10.2 Å². The van der Waals surface area contributed by atoms with Crippen molar-refractivity contribution in [3.05, 3.63) is 29.8 Å². The summed E-state index contributed by atoms with van der Waals surface area (Å²) in [6, 6.07) is 7.44. The number of carbonyl (C=O) groups is 2. The Labute approximate surface area is 118 Å². The number of ether oxygens (including phenoxy) is 1. The molecule has 6 nitrogen and oxygen atoms in total. The summed E-state index contributed by atoms with van der Waals surface area (Å²) in [4.78, 5) is 23.9. The Morgan fingerprint density at radius 3 is 2.50 bits per heavy atom. The molecule has 0 fully saturated rings. The number of urea groups is 1. The minimum Gasteiger partial charge on any atom is -0.480 e. The summed E-state index contributed by atoms with van der Waals surface area (Å²) in [7, 11) is 0. The van der Waals surface area contributed by atoms with Crippen LogP contribution in [0.3, 0.4) is 0 Å². The molecular formula is C14H20N2O4. The van der Waals surface area contributed by atoms with Crippen LogP contribution >= 0.6 is 0 Å². The number of carbonyl (C=O) groups excluding carboxylic acids is 1. The largest absolute Gasteiger partial charge is 0.480 e. The highest BCUT2D eigenvalue weighted by molar-refractivity contribution is 5.91. The van der Waals surface area contributed by atoms with Crippen molar-refractivity contribution in [2.24, 2.45) is 0 Å². The summed E-state index contributed by atoms with van der Waals surface area (Å²) >= 11 is 0. The van der Waals surface area contributed by atoms with Gasteiger partial charge in [-0.05, 0) is 26.0 Å². The first-order valence-corrected chi connectivity index (χ1v) is 6.46. The number of benzene rings is 1. The SMILES string of the molecule is CCN(C(=O)NCCOCC(=O)O)c1ccc(C)cc1. The molecule has 0 bridgehead atoms. The zero-order valence-corrected chi connectivity index (χ0v) is 11.8. The Morgan fingerprint density at radius 2 is 1.95 bits per heavy atom. The molecule has 0 unspecified atom stereocenters. The van der Waals surface area contributed by atoms with Gasteiger partial charge in [0.15, 0.2) is 0 Å². The standard InChI is InChI=1S/C14H20N2O4/c1-3-16(12-6-4-11(2)5-7-12)14(19)15-8-9-20-10-13(17)18/h4-7H,3,8-10H2,1-2H3,(H,15,19)(H,17,18). The van der Waals surface area contributed by atoms with Gasteiger partial charge in [0.2, 0.25) is 0 Å². The van der Waals surface area contributed by atoms with Gasteiger partial charge in [-0.15, -0.1) is 0 Å². The Kier molecular flexibility index (Phi) is 6.52. The maximum Gasteiger partial charge on any atom is 0.329 e. The van der Waals surface area contributed by atoms with Gasteiger partial charge in [0.25, 0.3) is 0 Å². The quantitative estimate of drug-likeness (QED) is 0.744. The van der Waals surface area contributed by atoms with Crippen LogP contribution in [-0.4, -0.2) is 43.4 Å². The van der Waals surface area contributed by atoms with Crippen LogP contribution in [0.5, 0.6) is 0 Å². The second kappa shape index (κ2) is 8.16. The number of nitrogens with zero attached hydrogens (tertiary/aromatic N) is 1. The smallest absolute Gasteiger partial charge is 0.329 e. The summed E-state index contributed by atoms with van der Waals surface area (Å²) in [6.45, 7) is 4.51. The van der Waals surface area contributed by atoms with Gasteiger partial charge in [-0.3, -0.25) is 4.90 Å². The van der Waals surface area contributed by atoms with Crippen LogP contribution in [-0.2, 0) is 9.53 Å². The van der Waals surface area contributed by atoms with Crippen LogP contribution in [0.2, 0.25) is 0 Å². The molecule has 0 atom stereocenters. The number of hydrogen-bond donors (Lipinski definition) is 2. The summed E-state index contributed by atoms with van der Waals surface area (Å²) in [5.41, 5.74) is 1.95. The maximum absolute atomic E-state index is 12.0. The number of aliphatic carboxylic acids is 1. The molecule has 2 amide bonds. The second-order valence-corrected chi connectivity index (χ2v) is 4.26. The number of carboxylic acid groups (broad SMARTS) is 1. The van der Waals surface area contributed by atoms with Crippen molar-refractivity contribution in [3.8, 4) is 0 Å². The van der Waals surface area contributed by atoms with Gasteiger partial charge in [-0.2, -0.15) is 0 Å². The lowest BCUT2D eigenvalue weighted by Crippen LogP contribution is -2.41. The monoisotopic (exact) mass is 280 g/mol. The van der Waals surface area contributed by atoms with Crippen LogP contribution in [0.25, 0.3) is 0 Å². The van der Waals surface area contributed by atoms with E-state index in [4.69, 9.17) is 9.84 Å². The van der Waals surface area contributed by atoms with E-state index in [0.717, 1.165) is 11.3 Å². The van der Waals surface area contributed by atoms with Gasteiger partial charge >= 0.3 is 12.0 Å². The Morgan fingerprint density at radius 1 is 1.30 bits per heavy atom. The van der Waals surface area contributed by atoms with Crippen molar-refractivity contribution < 1.29 is 19.4 Å². The first-order valence-electron chi connectivity index (χ1n) is 6.46. The lowest BCUT2D eigenvalue weighted by atomic mass is 10.2. The van der Waals surface area contributed by atoms with E-state index in [2.05, 4.69) is 5.32 Å². The van der Waals surface area contributed by atoms with E-state index in [-0.39, 0.29) is 25.8 Å². The number of carboxylic acids is 1. The number of nitrogens with one attached hydrogen (secondary N) is 1. The molecule has 2 N–H and O–H groups in total. The molecule has 1 aromatic carbocycles. The third kappa shape index (κ3) is 5.27. The van der Waals surface area contributed by atoms with E-state index in [1.807, 2.05) is 38.1 Å². The first kappa shape index (κ1) is 16.0. The van der Waals surface area contributed by atoms with Crippen molar-refractivity contribution >= 4 is 17.7 Å². The van der Waals surface area contributed by atoms with E-state index < -0.39 is 5.97 Å². The van der Waals surface area contributed by atoms with Crippen LogP contribution in [0.1, 0.15) is 12.5 Å². The van der Waals surface area contributed by atoms with Gasteiger partial charge in [-0.1, -0.05) is 17.7 Å². The molecule has 6 heteroatoms. The molecule has 0 saturated heterocycles. The maximum atomic E-state index is 12.0. The third-order valence-electron chi connectivity index (χ3n) is 2.66. The highest BCUT2D eigenvalue weighted by Gasteiger charge is 2.12. The fourth-order valence-electron chi connectivity index (χ4n) is 1.65. The van der Waals surface area contributed by atoms with E-state index >= 15 is 0 Å². The first-order chi connectivity index (χ1) is 9.54. The zero-order chi connectivity index (χ0) is 15.0. The lowest BCUT2D eigenvalue weighted by Gasteiger charge is -2.21.